The van der Waals surface area contributed by atoms with Crippen LogP contribution in [0, 0.1) is 5.92 Å². The lowest BCUT2D eigenvalue weighted by Crippen LogP contribution is -1.94. The normalized spacial score (nSPS) is 19.5. The lowest BCUT2D eigenvalue weighted by atomic mass is 9.94. The Bertz CT molecular complexity index is 600. The first kappa shape index (κ1) is 17.3. The molecule has 0 aromatic rings. The molecule has 120 valence electrons. The summed E-state index contributed by atoms with van der Waals surface area (Å²) in [6, 6.07) is 0. The Morgan fingerprint density at radius 1 is 1.17 bits per heavy atom. The molecular weight excluding hydrogens is 276 g/mol. The van der Waals surface area contributed by atoms with Gasteiger partial charge in [-0.15, -0.1) is 0 Å². The van der Waals surface area contributed by atoms with E-state index in [2.05, 4.69) is 92.8 Å². The third-order valence-electron chi connectivity index (χ3n) is 4.10. The zero-order chi connectivity index (χ0) is 16.3. The third-order valence-corrected chi connectivity index (χ3v) is 4.10. The zero-order valence-electron chi connectivity index (χ0n) is 14.4. The number of rotatable bonds is 7. The Balaban J connectivity index is 2.15. The first-order valence-corrected chi connectivity index (χ1v) is 8.75. The summed E-state index contributed by atoms with van der Waals surface area (Å²) in [6.45, 7) is 4.27. The van der Waals surface area contributed by atoms with Gasteiger partial charge in [0.15, 0.2) is 0 Å². The van der Waals surface area contributed by atoms with Gasteiger partial charge in [-0.3, -0.25) is 0 Å². The molecule has 0 heterocycles. The van der Waals surface area contributed by atoms with Gasteiger partial charge >= 0.3 is 0 Å². The van der Waals surface area contributed by atoms with E-state index in [9.17, 15) is 0 Å². The van der Waals surface area contributed by atoms with E-state index in [0.717, 1.165) is 25.7 Å². The molecular formula is C23H28. The minimum Gasteiger partial charge on any atom is -0.0914 e. The molecule has 0 radical (unpaired) electrons. The van der Waals surface area contributed by atoms with Gasteiger partial charge < -0.3 is 0 Å². The Labute approximate surface area is 141 Å². The average Bonchev–Trinajstić information content (AvgIpc) is 3.11. The van der Waals surface area contributed by atoms with Crippen LogP contribution in [0.25, 0.3) is 0 Å². The van der Waals surface area contributed by atoms with Gasteiger partial charge in [-0.25, -0.2) is 0 Å². The Morgan fingerprint density at radius 2 is 2.00 bits per heavy atom. The SMILES string of the molecule is CC=CCC=CC1=C(C=CC(=CCC)C2C=CC=C2)C=CCC1. The molecule has 0 amide bonds. The average molecular weight is 304 g/mol. The van der Waals surface area contributed by atoms with Crippen LogP contribution >= 0.6 is 0 Å². The molecule has 0 unspecified atom stereocenters. The van der Waals surface area contributed by atoms with Crippen molar-refractivity contribution in [2.24, 2.45) is 5.92 Å². The second kappa shape index (κ2) is 9.84. The van der Waals surface area contributed by atoms with Crippen molar-refractivity contribution in [3.63, 3.8) is 0 Å². The smallest absolute Gasteiger partial charge is 0.0201 e. The van der Waals surface area contributed by atoms with Crippen LogP contribution in [0.4, 0.5) is 0 Å². The van der Waals surface area contributed by atoms with Gasteiger partial charge in [0.05, 0.1) is 0 Å². The van der Waals surface area contributed by atoms with Gasteiger partial charge in [-0.1, -0.05) is 85.9 Å². The summed E-state index contributed by atoms with van der Waals surface area (Å²) in [5.41, 5.74) is 4.18. The standard InChI is InChI=1S/C23H28/c1-3-5-6-7-13-22-16-10-11-17-23(22)19-18-20(12-4-2)21-14-8-9-15-21/h3,5,7-9,11-15,17-19,21H,4,6,10,16H2,1-2H3. The van der Waals surface area contributed by atoms with Crippen molar-refractivity contribution in [2.75, 3.05) is 0 Å². The molecule has 2 aliphatic carbocycles. The largest absolute Gasteiger partial charge is 0.0914 e. The van der Waals surface area contributed by atoms with Crippen molar-refractivity contribution >= 4 is 0 Å². The number of hydrogen-bond donors (Lipinski definition) is 0. The molecule has 0 saturated carbocycles. The fourth-order valence-electron chi connectivity index (χ4n) is 2.86. The molecule has 0 spiro atoms. The second-order valence-corrected chi connectivity index (χ2v) is 5.87. The van der Waals surface area contributed by atoms with Crippen molar-refractivity contribution in [2.45, 2.75) is 39.5 Å². The summed E-state index contributed by atoms with van der Waals surface area (Å²) in [5.74, 6) is 0.438. The van der Waals surface area contributed by atoms with E-state index < -0.39 is 0 Å². The van der Waals surface area contributed by atoms with Crippen LogP contribution in [-0.2, 0) is 0 Å². The van der Waals surface area contributed by atoms with Crippen LogP contribution in [-0.4, -0.2) is 0 Å². The summed E-state index contributed by atoms with van der Waals surface area (Å²) in [5, 5.41) is 0. The first-order valence-electron chi connectivity index (χ1n) is 8.75. The van der Waals surface area contributed by atoms with Gasteiger partial charge in [-0.2, -0.15) is 0 Å². The second-order valence-electron chi connectivity index (χ2n) is 5.87. The van der Waals surface area contributed by atoms with E-state index in [4.69, 9.17) is 0 Å². The lowest BCUT2D eigenvalue weighted by Gasteiger charge is -2.11. The topological polar surface area (TPSA) is 0 Å². The van der Waals surface area contributed by atoms with E-state index >= 15 is 0 Å². The van der Waals surface area contributed by atoms with Crippen LogP contribution in [0.5, 0.6) is 0 Å². The van der Waals surface area contributed by atoms with Crippen molar-refractivity contribution in [1.29, 1.82) is 0 Å². The highest BCUT2D eigenvalue weighted by Gasteiger charge is 2.08. The predicted molar refractivity (Wildman–Crippen MR) is 103 cm³/mol. The molecule has 0 N–H and O–H groups in total. The van der Waals surface area contributed by atoms with Crippen molar-refractivity contribution < 1.29 is 0 Å². The molecule has 0 aromatic heterocycles. The van der Waals surface area contributed by atoms with Crippen molar-refractivity contribution in [3.8, 4) is 0 Å². The maximum atomic E-state index is 2.33. The van der Waals surface area contributed by atoms with Gasteiger partial charge in [0, 0.05) is 5.92 Å². The van der Waals surface area contributed by atoms with Gasteiger partial charge in [0.2, 0.25) is 0 Å². The van der Waals surface area contributed by atoms with Gasteiger partial charge in [-0.05, 0) is 49.3 Å². The Morgan fingerprint density at radius 3 is 2.74 bits per heavy atom. The van der Waals surface area contributed by atoms with Crippen molar-refractivity contribution in [1.82, 2.24) is 0 Å². The molecule has 0 atom stereocenters. The van der Waals surface area contributed by atoms with Crippen LogP contribution in [0.15, 0.2) is 95.7 Å². The number of hydrogen-bond acceptors (Lipinski definition) is 0. The summed E-state index contributed by atoms with van der Waals surface area (Å²) in [7, 11) is 0. The van der Waals surface area contributed by atoms with Crippen LogP contribution in [0.1, 0.15) is 39.5 Å². The van der Waals surface area contributed by atoms with Gasteiger partial charge in [0.25, 0.3) is 0 Å². The van der Waals surface area contributed by atoms with Crippen LogP contribution in [0.3, 0.4) is 0 Å². The first-order chi connectivity index (χ1) is 11.3. The molecule has 0 aromatic carbocycles. The summed E-state index contributed by atoms with van der Waals surface area (Å²) >= 11 is 0. The predicted octanol–water partition coefficient (Wildman–Crippen LogP) is 6.79. The minimum absolute atomic E-state index is 0.438. The molecule has 0 aliphatic heterocycles. The molecule has 2 aliphatic rings. The highest BCUT2D eigenvalue weighted by atomic mass is 14.1. The maximum absolute atomic E-state index is 2.33. The fourth-order valence-corrected chi connectivity index (χ4v) is 2.86. The zero-order valence-corrected chi connectivity index (χ0v) is 14.4. The maximum Gasteiger partial charge on any atom is 0.0201 e. The molecule has 0 saturated heterocycles. The third kappa shape index (κ3) is 5.56. The van der Waals surface area contributed by atoms with E-state index in [0.29, 0.717) is 5.92 Å². The number of allylic oxidation sites excluding steroid dienone is 16. The Hall–Kier alpha value is -2.08. The van der Waals surface area contributed by atoms with Crippen molar-refractivity contribution in [3.05, 3.63) is 95.7 Å². The Kier molecular flexibility index (Phi) is 7.39. The van der Waals surface area contributed by atoms with E-state index in [1.165, 1.54) is 16.7 Å². The van der Waals surface area contributed by atoms with E-state index in [-0.39, 0.29) is 0 Å². The highest BCUT2D eigenvalue weighted by Crippen LogP contribution is 2.25. The summed E-state index contributed by atoms with van der Waals surface area (Å²) in [6.07, 6.45) is 33.4. The molecule has 0 bridgehead atoms. The van der Waals surface area contributed by atoms with E-state index in [1.807, 2.05) is 0 Å². The van der Waals surface area contributed by atoms with E-state index in [1.54, 1.807) is 0 Å². The quantitative estimate of drug-likeness (QED) is 0.359. The van der Waals surface area contributed by atoms with Crippen LogP contribution in [0.2, 0.25) is 0 Å². The van der Waals surface area contributed by atoms with Crippen LogP contribution < -0.4 is 0 Å². The molecule has 0 fully saturated rings. The summed E-state index contributed by atoms with van der Waals surface area (Å²) < 4.78 is 0. The molecule has 2 rings (SSSR count). The molecule has 23 heavy (non-hydrogen) atoms. The highest BCUT2D eigenvalue weighted by molar-refractivity contribution is 5.46. The monoisotopic (exact) mass is 304 g/mol. The minimum atomic E-state index is 0.438. The lowest BCUT2D eigenvalue weighted by molar-refractivity contribution is 0.973. The fraction of sp³-hybridized carbons (Fsp3) is 0.304. The van der Waals surface area contributed by atoms with Gasteiger partial charge in [0.1, 0.15) is 0 Å². The summed E-state index contributed by atoms with van der Waals surface area (Å²) in [4.78, 5) is 0. The molecule has 0 nitrogen and oxygen atoms in total. The molecule has 0 heteroatoms.